The van der Waals surface area contributed by atoms with E-state index < -0.39 is 15.6 Å². The molecule has 1 aliphatic rings. The maximum atomic E-state index is 12.1. The van der Waals surface area contributed by atoms with Crippen LogP contribution in [0.4, 0.5) is 0 Å². The summed E-state index contributed by atoms with van der Waals surface area (Å²) < 4.78 is 26.6. The minimum Gasteiger partial charge on any atom is -0.389 e. The van der Waals surface area contributed by atoms with Crippen molar-refractivity contribution in [2.45, 2.75) is 42.6 Å². The number of hydrogen-bond donors (Lipinski definition) is 2. The molecular weight excluding hydrogens is 286 g/mol. The number of aliphatic hydroxyl groups is 1. The van der Waals surface area contributed by atoms with Gasteiger partial charge in [0.15, 0.2) is 0 Å². The molecule has 0 bridgehead atoms. The highest BCUT2D eigenvalue weighted by atomic mass is 35.5. The molecule has 0 spiro atoms. The first kappa shape index (κ1) is 14.8. The van der Waals surface area contributed by atoms with E-state index in [0.29, 0.717) is 17.9 Å². The molecule has 0 atom stereocenters. The van der Waals surface area contributed by atoms with Gasteiger partial charge in [-0.05, 0) is 37.1 Å². The van der Waals surface area contributed by atoms with Crippen molar-refractivity contribution in [3.63, 3.8) is 0 Å². The average Bonchev–Trinajstić information content (AvgIpc) is 2.38. The van der Waals surface area contributed by atoms with Gasteiger partial charge < -0.3 is 5.11 Å². The van der Waals surface area contributed by atoms with Crippen molar-refractivity contribution >= 4 is 21.6 Å². The minimum absolute atomic E-state index is 0.0674. The van der Waals surface area contributed by atoms with Crippen LogP contribution in [0.2, 0.25) is 5.02 Å². The smallest absolute Gasteiger partial charge is 0.240 e. The molecule has 1 aromatic carbocycles. The van der Waals surface area contributed by atoms with Gasteiger partial charge in [-0.3, -0.25) is 0 Å². The van der Waals surface area contributed by atoms with E-state index in [1.54, 1.807) is 0 Å². The van der Waals surface area contributed by atoms with Gasteiger partial charge in [0.1, 0.15) is 0 Å². The van der Waals surface area contributed by atoms with Crippen LogP contribution in [0.3, 0.4) is 0 Å². The number of benzene rings is 1. The second-order valence-electron chi connectivity index (χ2n) is 5.06. The van der Waals surface area contributed by atoms with E-state index >= 15 is 0 Å². The maximum absolute atomic E-state index is 12.1. The van der Waals surface area contributed by atoms with Gasteiger partial charge in [-0.1, -0.05) is 30.9 Å². The lowest BCUT2D eigenvalue weighted by Crippen LogP contribution is -2.44. The first-order valence-corrected chi connectivity index (χ1v) is 8.25. The standard InChI is InChI=1S/C13H18ClNO3S/c14-11-4-6-12(7-5-11)19(17,18)15-10-13(16)8-2-1-3-9-13/h4-7,15-16H,1-3,8-10H2. The fourth-order valence-electron chi connectivity index (χ4n) is 2.31. The Balaban J connectivity index is 2.03. The van der Waals surface area contributed by atoms with Gasteiger partial charge in [-0.2, -0.15) is 0 Å². The molecule has 0 unspecified atom stereocenters. The Bertz CT molecular complexity index is 521. The molecule has 0 aliphatic heterocycles. The van der Waals surface area contributed by atoms with Crippen molar-refractivity contribution in [1.82, 2.24) is 4.72 Å². The summed E-state index contributed by atoms with van der Waals surface area (Å²) >= 11 is 5.73. The van der Waals surface area contributed by atoms with Crippen LogP contribution in [0.1, 0.15) is 32.1 Å². The SMILES string of the molecule is O=S(=O)(NCC1(O)CCCCC1)c1ccc(Cl)cc1. The summed E-state index contributed by atoms with van der Waals surface area (Å²) in [5.41, 5.74) is -0.905. The summed E-state index contributed by atoms with van der Waals surface area (Å²) in [5, 5.41) is 10.8. The Labute approximate surface area is 118 Å². The summed E-state index contributed by atoms with van der Waals surface area (Å²) in [6, 6.07) is 5.97. The van der Waals surface area contributed by atoms with Crippen LogP contribution in [0.5, 0.6) is 0 Å². The average molecular weight is 304 g/mol. The number of hydrogen-bond acceptors (Lipinski definition) is 3. The molecule has 0 heterocycles. The summed E-state index contributed by atoms with van der Waals surface area (Å²) in [7, 11) is -3.58. The van der Waals surface area contributed by atoms with Gasteiger partial charge in [0.05, 0.1) is 10.5 Å². The zero-order chi connectivity index (χ0) is 13.9. The van der Waals surface area contributed by atoms with E-state index in [2.05, 4.69) is 4.72 Å². The van der Waals surface area contributed by atoms with E-state index in [4.69, 9.17) is 11.6 Å². The van der Waals surface area contributed by atoms with E-state index in [1.165, 1.54) is 24.3 Å². The number of halogens is 1. The van der Waals surface area contributed by atoms with Crippen molar-refractivity contribution in [3.05, 3.63) is 29.3 Å². The molecule has 2 N–H and O–H groups in total. The largest absolute Gasteiger partial charge is 0.389 e. The molecule has 0 radical (unpaired) electrons. The third kappa shape index (κ3) is 3.92. The lowest BCUT2D eigenvalue weighted by atomic mass is 9.85. The second-order valence-corrected chi connectivity index (χ2v) is 7.27. The fraction of sp³-hybridized carbons (Fsp3) is 0.538. The highest BCUT2D eigenvalue weighted by Crippen LogP contribution is 2.27. The van der Waals surface area contributed by atoms with Crippen molar-refractivity contribution < 1.29 is 13.5 Å². The van der Waals surface area contributed by atoms with Crippen LogP contribution in [0.15, 0.2) is 29.2 Å². The van der Waals surface area contributed by atoms with Crippen molar-refractivity contribution in [3.8, 4) is 0 Å². The molecule has 4 nitrogen and oxygen atoms in total. The Hall–Kier alpha value is -0.620. The van der Waals surface area contributed by atoms with Gasteiger partial charge in [-0.25, -0.2) is 13.1 Å². The predicted octanol–water partition coefficient (Wildman–Crippen LogP) is 2.31. The Kier molecular flexibility index (Phi) is 4.50. The van der Waals surface area contributed by atoms with Crippen LogP contribution in [0, 0.1) is 0 Å². The Morgan fingerprint density at radius 1 is 1.16 bits per heavy atom. The molecule has 0 aromatic heterocycles. The quantitative estimate of drug-likeness (QED) is 0.897. The molecule has 19 heavy (non-hydrogen) atoms. The van der Waals surface area contributed by atoms with E-state index in [0.717, 1.165) is 19.3 Å². The van der Waals surface area contributed by atoms with Crippen molar-refractivity contribution in [2.24, 2.45) is 0 Å². The predicted molar refractivity (Wildman–Crippen MR) is 74.7 cm³/mol. The molecule has 0 saturated heterocycles. The number of rotatable bonds is 4. The minimum atomic E-state index is -3.58. The van der Waals surface area contributed by atoms with Gasteiger partial charge in [0, 0.05) is 11.6 Å². The molecule has 1 aromatic rings. The lowest BCUT2D eigenvalue weighted by molar-refractivity contribution is 0.00945. The normalized spacial score (nSPS) is 19.3. The monoisotopic (exact) mass is 303 g/mol. The van der Waals surface area contributed by atoms with Crippen LogP contribution in [-0.4, -0.2) is 25.7 Å². The van der Waals surface area contributed by atoms with Crippen LogP contribution >= 0.6 is 11.6 Å². The van der Waals surface area contributed by atoms with E-state index in [-0.39, 0.29) is 11.4 Å². The molecule has 6 heteroatoms. The maximum Gasteiger partial charge on any atom is 0.240 e. The highest BCUT2D eigenvalue weighted by Gasteiger charge is 2.30. The fourth-order valence-corrected chi connectivity index (χ4v) is 3.56. The summed E-state index contributed by atoms with van der Waals surface area (Å²) in [6.07, 6.45) is 4.29. The number of nitrogens with one attached hydrogen (secondary N) is 1. The molecular formula is C13H18ClNO3S. The first-order valence-electron chi connectivity index (χ1n) is 6.39. The second kappa shape index (κ2) is 5.79. The van der Waals surface area contributed by atoms with Gasteiger partial charge in [0.2, 0.25) is 10.0 Å². The van der Waals surface area contributed by atoms with Crippen LogP contribution in [-0.2, 0) is 10.0 Å². The summed E-state index contributed by atoms with van der Waals surface area (Å²) in [4.78, 5) is 0.163. The molecule has 2 rings (SSSR count). The molecule has 1 aliphatic carbocycles. The third-order valence-corrected chi connectivity index (χ3v) is 5.17. The first-order chi connectivity index (χ1) is 8.91. The van der Waals surface area contributed by atoms with E-state index in [1.807, 2.05) is 0 Å². The van der Waals surface area contributed by atoms with Crippen LogP contribution in [0.25, 0.3) is 0 Å². The van der Waals surface area contributed by atoms with Gasteiger partial charge >= 0.3 is 0 Å². The highest BCUT2D eigenvalue weighted by molar-refractivity contribution is 7.89. The van der Waals surface area contributed by atoms with Crippen molar-refractivity contribution in [2.75, 3.05) is 6.54 Å². The Morgan fingerprint density at radius 3 is 2.32 bits per heavy atom. The third-order valence-electron chi connectivity index (χ3n) is 3.50. The topological polar surface area (TPSA) is 66.4 Å². The molecule has 1 saturated carbocycles. The zero-order valence-corrected chi connectivity index (χ0v) is 12.2. The zero-order valence-electron chi connectivity index (χ0n) is 10.6. The molecule has 0 amide bonds. The molecule has 106 valence electrons. The summed E-state index contributed by atoms with van der Waals surface area (Å²) in [5.74, 6) is 0. The van der Waals surface area contributed by atoms with Gasteiger partial charge in [0.25, 0.3) is 0 Å². The number of sulfonamides is 1. The lowest BCUT2D eigenvalue weighted by Gasteiger charge is -2.32. The Morgan fingerprint density at radius 2 is 1.74 bits per heavy atom. The van der Waals surface area contributed by atoms with Crippen LogP contribution < -0.4 is 4.72 Å². The van der Waals surface area contributed by atoms with Gasteiger partial charge in [-0.15, -0.1) is 0 Å². The van der Waals surface area contributed by atoms with E-state index in [9.17, 15) is 13.5 Å². The van der Waals surface area contributed by atoms with Crippen molar-refractivity contribution in [1.29, 1.82) is 0 Å². The summed E-state index contributed by atoms with van der Waals surface area (Å²) in [6.45, 7) is 0.0674. The molecule has 1 fully saturated rings.